The SMILES string of the molecule is COc1nc(-c2cccc(-c3cccc(-c4cnc(CNCC5CCC(=O)N5)c(OC)n4)c3Cl)c2Cl)cnc1CNCC1CCSN1. The van der Waals surface area contributed by atoms with Crippen LogP contribution in [0.15, 0.2) is 48.8 Å². The van der Waals surface area contributed by atoms with Gasteiger partial charge in [-0.3, -0.25) is 19.5 Å². The molecule has 0 saturated carbocycles. The van der Waals surface area contributed by atoms with Crippen molar-refractivity contribution in [1.29, 1.82) is 0 Å². The van der Waals surface area contributed by atoms with Crippen LogP contribution in [0.1, 0.15) is 30.7 Å². The Balaban J connectivity index is 1.21. The van der Waals surface area contributed by atoms with Gasteiger partial charge in [-0.1, -0.05) is 71.5 Å². The number of amides is 1. The highest BCUT2D eigenvalue weighted by Gasteiger charge is 2.22. The van der Waals surface area contributed by atoms with Gasteiger partial charge in [-0.25, -0.2) is 9.97 Å². The van der Waals surface area contributed by atoms with E-state index < -0.39 is 0 Å². The molecule has 2 fully saturated rings. The molecular formula is C33H36Cl2N8O3S. The summed E-state index contributed by atoms with van der Waals surface area (Å²) in [7, 11) is 3.15. The lowest BCUT2D eigenvalue weighted by atomic mass is 9.98. The summed E-state index contributed by atoms with van der Waals surface area (Å²) in [4.78, 5) is 30.2. The second-order valence-corrected chi connectivity index (χ2v) is 13.0. The van der Waals surface area contributed by atoms with Gasteiger partial charge in [-0.15, -0.1) is 0 Å². The molecule has 0 radical (unpaired) electrons. The summed E-state index contributed by atoms with van der Waals surface area (Å²) in [5.74, 6) is 2.05. The molecule has 2 aliphatic heterocycles. The van der Waals surface area contributed by atoms with E-state index in [4.69, 9.17) is 42.6 Å². The number of nitrogens with zero attached hydrogens (tertiary/aromatic N) is 4. The molecule has 6 rings (SSSR count). The van der Waals surface area contributed by atoms with E-state index in [2.05, 4.69) is 30.6 Å². The zero-order valence-corrected chi connectivity index (χ0v) is 28.4. The number of carbonyl (C=O) groups excluding carboxylic acids is 1. The summed E-state index contributed by atoms with van der Waals surface area (Å²) in [6.07, 6.45) is 5.91. The van der Waals surface area contributed by atoms with E-state index in [9.17, 15) is 4.79 Å². The molecule has 47 heavy (non-hydrogen) atoms. The van der Waals surface area contributed by atoms with Crippen LogP contribution in [-0.4, -0.2) is 71.0 Å². The van der Waals surface area contributed by atoms with Gasteiger partial charge in [0.1, 0.15) is 11.4 Å². The van der Waals surface area contributed by atoms with E-state index in [1.54, 1.807) is 38.6 Å². The highest BCUT2D eigenvalue weighted by Crippen LogP contribution is 2.42. The third-order valence-corrected chi connectivity index (χ3v) is 9.87. The first kappa shape index (κ1) is 33.4. The van der Waals surface area contributed by atoms with Gasteiger partial charge in [-0.2, -0.15) is 0 Å². The number of ether oxygens (including phenoxy) is 2. The smallest absolute Gasteiger partial charge is 0.237 e. The molecule has 1 amide bonds. The number of rotatable bonds is 13. The van der Waals surface area contributed by atoms with Crippen LogP contribution in [0, 0.1) is 0 Å². The second kappa shape index (κ2) is 15.6. The number of benzene rings is 2. The van der Waals surface area contributed by atoms with E-state index in [0.717, 1.165) is 42.0 Å². The zero-order valence-electron chi connectivity index (χ0n) is 26.1. The van der Waals surface area contributed by atoms with E-state index in [1.807, 2.05) is 36.4 Å². The lowest BCUT2D eigenvalue weighted by Crippen LogP contribution is -2.35. The third kappa shape index (κ3) is 7.80. The molecule has 4 aromatic rings. The van der Waals surface area contributed by atoms with Crippen molar-refractivity contribution in [2.45, 2.75) is 44.4 Å². The highest BCUT2D eigenvalue weighted by atomic mass is 35.5. The molecule has 0 bridgehead atoms. The lowest BCUT2D eigenvalue weighted by molar-refractivity contribution is -0.119. The first-order valence-electron chi connectivity index (χ1n) is 15.4. The van der Waals surface area contributed by atoms with Crippen molar-refractivity contribution in [2.24, 2.45) is 0 Å². The number of nitrogens with one attached hydrogen (secondary N) is 4. The molecule has 2 saturated heterocycles. The first-order chi connectivity index (χ1) is 22.9. The maximum atomic E-state index is 11.5. The van der Waals surface area contributed by atoms with Crippen molar-refractivity contribution in [3.63, 3.8) is 0 Å². The fourth-order valence-corrected chi connectivity index (χ4v) is 7.25. The Morgan fingerprint density at radius 1 is 0.809 bits per heavy atom. The highest BCUT2D eigenvalue weighted by molar-refractivity contribution is 7.97. The average molecular weight is 696 g/mol. The predicted octanol–water partition coefficient (Wildman–Crippen LogP) is 5.06. The topological polar surface area (TPSA) is 135 Å². The van der Waals surface area contributed by atoms with Crippen LogP contribution in [0.5, 0.6) is 11.8 Å². The standard InChI is InChI=1S/C33H36Cl2N8O3S/c1-45-32-27(15-36-13-19-9-10-29(44)40-19)38-17-25(41-32)23-7-3-5-21(30(23)34)22-6-4-8-24(31(22)35)26-18-39-28(33(42-26)46-2)16-37-14-20-11-12-47-43-20/h3-8,17-20,36-37,43H,9-16H2,1-2H3,(H,40,44). The van der Waals surface area contributed by atoms with Crippen LogP contribution < -0.4 is 30.1 Å². The molecule has 0 spiro atoms. The number of halogens is 2. The van der Waals surface area contributed by atoms with E-state index in [1.165, 1.54) is 0 Å². The van der Waals surface area contributed by atoms with Gasteiger partial charge in [0, 0.05) is 72.7 Å². The minimum Gasteiger partial charge on any atom is -0.480 e. The summed E-state index contributed by atoms with van der Waals surface area (Å²) < 4.78 is 14.6. The number of hydrogen-bond donors (Lipinski definition) is 4. The van der Waals surface area contributed by atoms with Gasteiger partial charge in [0.2, 0.25) is 17.7 Å². The molecule has 2 atom stereocenters. The Kier molecular flexibility index (Phi) is 11.1. The van der Waals surface area contributed by atoms with Crippen LogP contribution in [-0.2, 0) is 17.9 Å². The van der Waals surface area contributed by atoms with Crippen LogP contribution in [0.2, 0.25) is 10.0 Å². The molecule has 14 heteroatoms. The number of aromatic nitrogens is 4. The molecule has 0 aliphatic carbocycles. The zero-order chi connectivity index (χ0) is 32.8. The molecular weight excluding hydrogens is 659 g/mol. The van der Waals surface area contributed by atoms with Gasteiger partial charge in [0.25, 0.3) is 0 Å². The number of methoxy groups -OCH3 is 2. The maximum Gasteiger partial charge on any atom is 0.237 e. The van der Waals surface area contributed by atoms with Gasteiger partial charge in [0.15, 0.2) is 0 Å². The molecule has 2 aromatic carbocycles. The summed E-state index contributed by atoms with van der Waals surface area (Å²) in [6, 6.07) is 12.0. The fourth-order valence-electron chi connectivity index (χ4n) is 5.64. The Hall–Kier alpha value is -3.52. The quantitative estimate of drug-likeness (QED) is 0.140. The summed E-state index contributed by atoms with van der Waals surface area (Å²) in [5, 5.41) is 10.7. The van der Waals surface area contributed by atoms with Gasteiger partial charge in [0.05, 0.1) is 48.0 Å². The first-order valence-corrected chi connectivity index (χ1v) is 17.1. The Labute approximate surface area is 288 Å². The molecule has 4 N–H and O–H groups in total. The van der Waals surface area contributed by atoms with Gasteiger partial charge in [-0.05, 0) is 12.8 Å². The van der Waals surface area contributed by atoms with E-state index in [0.29, 0.717) is 82.1 Å². The molecule has 246 valence electrons. The molecule has 11 nitrogen and oxygen atoms in total. The van der Waals surface area contributed by atoms with Gasteiger partial charge < -0.3 is 25.4 Å². The van der Waals surface area contributed by atoms with Crippen LogP contribution >= 0.6 is 35.1 Å². The van der Waals surface area contributed by atoms with Crippen LogP contribution in [0.4, 0.5) is 0 Å². The molecule has 4 heterocycles. The maximum absolute atomic E-state index is 11.5. The van der Waals surface area contributed by atoms with Gasteiger partial charge >= 0.3 is 0 Å². The largest absolute Gasteiger partial charge is 0.480 e. The lowest BCUT2D eigenvalue weighted by Gasteiger charge is -2.15. The van der Waals surface area contributed by atoms with Crippen molar-refractivity contribution in [1.82, 2.24) is 40.6 Å². The van der Waals surface area contributed by atoms with Crippen molar-refractivity contribution >= 4 is 41.1 Å². The predicted molar refractivity (Wildman–Crippen MR) is 186 cm³/mol. The van der Waals surface area contributed by atoms with Crippen molar-refractivity contribution in [3.05, 3.63) is 70.2 Å². The molecule has 2 aliphatic rings. The van der Waals surface area contributed by atoms with E-state index >= 15 is 0 Å². The molecule has 2 aromatic heterocycles. The van der Waals surface area contributed by atoms with E-state index in [-0.39, 0.29) is 11.9 Å². The Bertz CT molecular complexity index is 1740. The minimum absolute atomic E-state index is 0.0869. The summed E-state index contributed by atoms with van der Waals surface area (Å²) >= 11 is 15.8. The minimum atomic E-state index is 0.0869. The Morgan fingerprint density at radius 3 is 1.81 bits per heavy atom. The molecule has 2 unspecified atom stereocenters. The average Bonchev–Trinajstić information content (AvgIpc) is 3.77. The summed E-state index contributed by atoms with van der Waals surface area (Å²) in [6.45, 7) is 2.47. The fraction of sp³-hybridized carbons (Fsp3) is 0.364. The summed E-state index contributed by atoms with van der Waals surface area (Å²) in [5.41, 5.74) is 5.42. The van der Waals surface area contributed by atoms with Crippen molar-refractivity contribution < 1.29 is 14.3 Å². The number of hydrogen-bond acceptors (Lipinski definition) is 11. The second-order valence-electron chi connectivity index (χ2n) is 11.3. The monoisotopic (exact) mass is 694 g/mol. The van der Waals surface area contributed by atoms with Crippen molar-refractivity contribution in [2.75, 3.05) is 33.1 Å². The third-order valence-electron chi connectivity index (χ3n) is 8.12. The normalized spacial score (nSPS) is 17.6. The van der Waals surface area contributed by atoms with Crippen molar-refractivity contribution in [3.8, 4) is 45.4 Å². The van der Waals surface area contributed by atoms with Crippen LogP contribution in [0.3, 0.4) is 0 Å². The number of carbonyl (C=O) groups is 1. The van der Waals surface area contributed by atoms with Crippen LogP contribution in [0.25, 0.3) is 33.6 Å². The Morgan fingerprint density at radius 2 is 1.34 bits per heavy atom.